The number of rotatable bonds is 6. The molecule has 0 spiro atoms. The van der Waals surface area contributed by atoms with Crippen LogP contribution in [0.25, 0.3) is 0 Å². The van der Waals surface area contributed by atoms with E-state index >= 15 is 0 Å². The van der Waals surface area contributed by atoms with Gasteiger partial charge in [0, 0.05) is 24.1 Å². The Bertz CT molecular complexity index is 913. The number of hydrogen-bond acceptors (Lipinski definition) is 4. The number of benzene rings is 2. The smallest absolute Gasteiger partial charge is 0.251 e. The number of nitrogens with zero attached hydrogens (tertiary/aromatic N) is 1. The third-order valence-corrected chi connectivity index (χ3v) is 6.21. The summed E-state index contributed by atoms with van der Waals surface area (Å²) in [6.07, 6.45) is 0. The fraction of sp³-hybridized carbons (Fsp3) is 0.278. The number of hydrogen-bond donors (Lipinski definition) is 1. The van der Waals surface area contributed by atoms with Crippen molar-refractivity contribution >= 4 is 31.9 Å². The Kier molecular flexibility index (Phi) is 6.44. The topological polar surface area (TPSA) is 75.7 Å². The Morgan fingerprint density at radius 1 is 1.19 bits per heavy atom. The van der Waals surface area contributed by atoms with Gasteiger partial charge in [-0.3, -0.25) is 4.79 Å². The molecule has 0 fully saturated rings. The number of ether oxygens (including phenoxy) is 1. The molecule has 0 aliphatic heterocycles. The fourth-order valence-corrected chi connectivity index (χ4v) is 3.85. The summed E-state index contributed by atoms with van der Waals surface area (Å²) in [4.78, 5) is 12.5. The lowest BCUT2D eigenvalue weighted by atomic mass is 10.1. The molecule has 0 aromatic heterocycles. The lowest BCUT2D eigenvalue weighted by Gasteiger charge is -2.17. The maximum Gasteiger partial charge on any atom is 0.251 e. The largest absolute Gasteiger partial charge is 0.495 e. The van der Waals surface area contributed by atoms with Gasteiger partial charge in [-0.2, -0.15) is 0 Å². The molecule has 6 nitrogen and oxygen atoms in total. The predicted molar refractivity (Wildman–Crippen MR) is 104 cm³/mol. The Hall–Kier alpha value is -1.90. The van der Waals surface area contributed by atoms with Crippen LogP contribution in [0.5, 0.6) is 5.75 Å². The average Bonchev–Trinajstić information content (AvgIpc) is 2.60. The SMILES string of the molecule is COc1ccc(C(=O)N[C@@H](C)c2cccc(Br)c2)cc1S(=O)(=O)N(C)C. The summed E-state index contributed by atoms with van der Waals surface area (Å²) in [5.41, 5.74) is 1.18. The van der Waals surface area contributed by atoms with E-state index in [1.165, 1.54) is 39.4 Å². The minimum absolute atomic E-state index is 0.0484. The molecule has 0 aliphatic carbocycles. The molecule has 0 saturated heterocycles. The van der Waals surface area contributed by atoms with Crippen LogP contribution < -0.4 is 10.1 Å². The molecule has 0 saturated carbocycles. The molecule has 2 aromatic rings. The first kappa shape index (κ1) is 20.4. The van der Waals surface area contributed by atoms with Gasteiger partial charge in [0.1, 0.15) is 10.6 Å². The first-order valence-corrected chi connectivity index (χ1v) is 10.1. The molecular weight excluding hydrogens is 420 g/mol. The monoisotopic (exact) mass is 440 g/mol. The van der Waals surface area contributed by atoms with E-state index in [1.807, 2.05) is 31.2 Å². The van der Waals surface area contributed by atoms with Crippen LogP contribution in [0.4, 0.5) is 0 Å². The molecule has 2 rings (SSSR count). The van der Waals surface area contributed by atoms with Gasteiger partial charge in [0.2, 0.25) is 10.0 Å². The van der Waals surface area contributed by atoms with Crippen molar-refractivity contribution in [2.75, 3.05) is 21.2 Å². The first-order chi connectivity index (χ1) is 12.2. The van der Waals surface area contributed by atoms with Crippen molar-refractivity contribution in [3.63, 3.8) is 0 Å². The molecule has 26 heavy (non-hydrogen) atoms. The van der Waals surface area contributed by atoms with E-state index in [9.17, 15) is 13.2 Å². The highest BCUT2D eigenvalue weighted by Gasteiger charge is 2.24. The Morgan fingerprint density at radius 3 is 2.46 bits per heavy atom. The van der Waals surface area contributed by atoms with E-state index in [4.69, 9.17) is 4.74 Å². The van der Waals surface area contributed by atoms with Crippen LogP contribution in [0.3, 0.4) is 0 Å². The predicted octanol–water partition coefficient (Wildman–Crippen LogP) is 3.20. The summed E-state index contributed by atoms with van der Waals surface area (Å²) in [6.45, 7) is 1.86. The zero-order valence-corrected chi connectivity index (χ0v) is 17.4. The molecule has 0 unspecified atom stereocenters. The molecule has 0 radical (unpaired) electrons. The van der Waals surface area contributed by atoms with Crippen LogP contribution >= 0.6 is 15.9 Å². The summed E-state index contributed by atoms with van der Waals surface area (Å²) >= 11 is 3.40. The molecule has 8 heteroatoms. The van der Waals surface area contributed by atoms with Crippen molar-refractivity contribution in [2.24, 2.45) is 0 Å². The highest BCUT2D eigenvalue weighted by Crippen LogP contribution is 2.27. The van der Waals surface area contributed by atoms with Crippen molar-refractivity contribution in [1.82, 2.24) is 9.62 Å². The van der Waals surface area contributed by atoms with Gasteiger partial charge < -0.3 is 10.1 Å². The number of carbonyl (C=O) groups excluding carboxylic acids is 1. The summed E-state index contributed by atoms with van der Waals surface area (Å²) in [6, 6.07) is 11.7. The van der Waals surface area contributed by atoms with E-state index in [1.54, 1.807) is 0 Å². The van der Waals surface area contributed by atoms with E-state index < -0.39 is 10.0 Å². The minimum atomic E-state index is -3.74. The second-order valence-corrected chi connectivity index (χ2v) is 8.94. The summed E-state index contributed by atoms with van der Waals surface area (Å²) in [5, 5.41) is 2.88. The Morgan fingerprint density at radius 2 is 1.88 bits per heavy atom. The molecule has 0 heterocycles. The van der Waals surface area contributed by atoms with E-state index in [0.29, 0.717) is 0 Å². The first-order valence-electron chi connectivity index (χ1n) is 7.83. The Labute approximate surface area is 162 Å². The molecule has 2 aromatic carbocycles. The number of halogens is 1. The standard InChI is InChI=1S/C18H21BrN2O4S/c1-12(13-6-5-7-15(19)10-13)20-18(22)14-8-9-16(25-4)17(11-14)26(23,24)21(2)3/h5-12H,1-4H3,(H,20,22)/t12-/m0/s1. The van der Waals surface area contributed by atoms with Crippen LogP contribution in [0.15, 0.2) is 51.8 Å². The maximum absolute atomic E-state index is 12.6. The van der Waals surface area contributed by atoms with Gasteiger partial charge in [-0.05, 0) is 42.8 Å². The summed E-state index contributed by atoms with van der Waals surface area (Å²) in [5.74, 6) is -0.175. The normalized spacial score (nSPS) is 12.7. The van der Waals surface area contributed by atoms with Gasteiger partial charge in [0.15, 0.2) is 0 Å². The average molecular weight is 441 g/mol. The van der Waals surface area contributed by atoms with Gasteiger partial charge in [0.05, 0.1) is 13.2 Å². The quantitative estimate of drug-likeness (QED) is 0.747. The van der Waals surface area contributed by atoms with Gasteiger partial charge in [-0.25, -0.2) is 12.7 Å². The van der Waals surface area contributed by atoms with Crippen molar-refractivity contribution in [1.29, 1.82) is 0 Å². The number of nitrogens with one attached hydrogen (secondary N) is 1. The molecule has 1 amide bonds. The number of sulfonamides is 1. The maximum atomic E-state index is 12.6. The second-order valence-electron chi connectivity index (χ2n) is 5.90. The van der Waals surface area contributed by atoms with Crippen LogP contribution in [0.1, 0.15) is 28.9 Å². The van der Waals surface area contributed by atoms with Crippen LogP contribution in [-0.4, -0.2) is 39.8 Å². The zero-order valence-electron chi connectivity index (χ0n) is 15.0. The van der Waals surface area contributed by atoms with Crippen molar-refractivity contribution in [3.8, 4) is 5.75 Å². The zero-order chi connectivity index (χ0) is 19.5. The molecule has 0 bridgehead atoms. The van der Waals surface area contributed by atoms with Crippen molar-refractivity contribution < 1.29 is 17.9 Å². The molecule has 140 valence electrons. The van der Waals surface area contributed by atoms with Crippen LogP contribution in [-0.2, 0) is 10.0 Å². The van der Waals surface area contributed by atoms with E-state index in [2.05, 4.69) is 21.2 Å². The van der Waals surface area contributed by atoms with Gasteiger partial charge in [-0.1, -0.05) is 28.1 Å². The van der Waals surface area contributed by atoms with Crippen LogP contribution in [0, 0.1) is 0 Å². The van der Waals surface area contributed by atoms with Crippen molar-refractivity contribution in [3.05, 3.63) is 58.1 Å². The fourth-order valence-electron chi connectivity index (χ4n) is 2.36. The second kappa shape index (κ2) is 8.20. The highest BCUT2D eigenvalue weighted by molar-refractivity contribution is 9.10. The third-order valence-electron chi connectivity index (χ3n) is 3.88. The third kappa shape index (κ3) is 4.44. The lowest BCUT2D eigenvalue weighted by Crippen LogP contribution is -2.27. The van der Waals surface area contributed by atoms with Gasteiger partial charge in [0.25, 0.3) is 5.91 Å². The van der Waals surface area contributed by atoms with Gasteiger partial charge in [-0.15, -0.1) is 0 Å². The molecule has 1 atom stereocenters. The summed E-state index contributed by atoms with van der Waals surface area (Å²) < 4.78 is 32.1. The minimum Gasteiger partial charge on any atom is -0.495 e. The van der Waals surface area contributed by atoms with Crippen molar-refractivity contribution in [2.45, 2.75) is 17.9 Å². The summed E-state index contributed by atoms with van der Waals surface area (Å²) in [7, 11) is 0.503. The number of carbonyl (C=O) groups is 1. The number of methoxy groups -OCH3 is 1. The molecular formula is C18H21BrN2O4S. The number of amides is 1. The highest BCUT2D eigenvalue weighted by atomic mass is 79.9. The molecule has 1 N–H and O–H groups in total. The van der Waals surface area contributed by atoms with Gasteiger partial charge >= 0.3 is 0 Å². The van der Waals surface area contributed by atoms with Crippen LogP contribution in [0.2, 0.25) is 0 Å². The van der Waals surface area contributed by atoms with E-state index in [-0.39, 0.29) is 28.2 Å². The lowest BCUT2D eigenvalue weighted by molar-refractivity contribution is 0.0939. The molecule has 0 aliphatic rings. The van der Waals surface area contributed by atoms with E-state index in [0.717, 1.165) is 14.3 Å². The Balaban J connectivity index is 2.32.